The lowest BCUT2D eigenvalue weighted by Gasteiger charge is -1.95. The number of hydrogen-bond acceptors (Lipinski definition) is 2. The maximum Gasteiger partial charge on any atom is 0.134 e. The fraction of sp³-hybridized carbons (Fsp3) is 0.182. The number of imidazole rings is 1. The number of aromatic nitrogens is 2. The van der Waals surface area contributed by atoms with E-state index in [1.165, 1.54) is 0 Å². The van der Waals surface area contributed by atoms with Crippen molar-refractivity contribution in [2.45, 2.75) is 6.42 Å². The van der Waals surface area contributed by atoms with Crippen molar-refractivity contribution >= 4 is 11.6 Å². The summed E-state index contributed by atoms with van der Waals surface area (Å²) in [6.07, 6.45) is 0.493. The van der Waals surface area contributed by atoms with E-state index in [1.807, 2.05) is 30.3 Å². The Morgan fingerprint density at radius 3 is 2.67 bits per heavy atom. The molecule has 2 N–H and O–H groups in total. The summed E-state index contributed by atoms with van der Waals surface area (Å²) in [5.41, 5.74) is 1.71. The number of halogens is 1. The summed E-state index contributed by atoms with van der Waals surface area (Å²) in [7, 11) is 0. The SMILES string of the molecule is OCCc1nc(-c2ccccc2)c(Cl)[nH]1. The van der Waals surface area contributed by atoms with Crippen molar-refractivity contribution in [3.63, 3.8) is 0 Å². The number of hydrogen-bond donors (Lipinski definition) is 2. The van der Waals surface area contributed by atoms with Gasteiger partial charge in [-0.05, 0) is 0 Å². The van der Waals surface area contributed by atoms with E-state index < -0.39 is 0 Å². The van der Waals surface area contributed by atoms with Crippen LogP contribution in [0, 0.1) is 0 Å². The van der Waals surface area contributed by atoms with E-state index in [1.54, 1.807) is 0 Å². The van der Waals surface area contributed by atoms with E-state index in [2.05, 4.69) is 9.97 Å². The van der Waals surface area contributed by atoms with E-state index in [0.717, 1.165) is 11.3 Å². The average Bonchev–Trinajstić information content (AvgIpc) is 2.61. The van der Waals surface area contributed by atoms with Crippen molar-refractivity contribution in [1.82, 2.24) is 9.97 Å². The van der Waals surface area contributed by atoms with Crippen molar-refractivity contribution < 1.29 is 5.11 Å². The maximum absolute atomic E-state index is 8.79. The molecule has 1 heterocycles. The van der Waals surface area contributed by atoms with Crippen LogP contribution >= 0.6 is 11.6 Å². The molecule has 3 nitrogen and oxygen atoms in total. The molecule has 78 valence electrons. The predicted octanol–water partition coefficient (Wildman–Crippen LogP) is 2.26. The Hall–Kier alpha value is -1.32. The molecule has 0 amide bonds. The van der Waals surface area contributed by atoms with Gasteiger partial charge in [0, 0.05) is 12.0 Å². The van der Waals surface area contributed by atoms with Crippen molar-refractivity contribution in [1.29, 1.82) is 0 Å². The summed E-state index contributed by atoms with van der Waals surface area (Å²) in [5, 5.41) is 9.31. The van der Waals surface area contributed by atoms with Crippen LogP contribution in [-0.2, 0) is 6.42 Å². The second-order valence-corrected chi connectivity index (χ2v) is 3.56. The highest BCUT2D eigenvalue weighted by molar-refractivity contribution is 6.31. The smallest absolute Gasteiger partial charge is 0.134 e. The van der Waals surface area contributed by atoms with Crippen LogP contribution in [0.1, 0.15) is 5.82 Å². The normalized spacial score (nSPS) is 10.5. The number of aliphatic hydroxyl groups is 1. The number of benzene rings is 1. The molecule has 0 bridgehead atoms. The monoisotopic (exact) mass is 222 g/mol. The number of rotatable bonds is 3. The zero-order valence-electron chi connectivity index (χ0n) is 8.07. The number of aliphatic hydroxyl groups excluding tert-OH is 1. The fourth-order valence-electron chi connectivity index (χ4n) is 1.41. The van der Waals surface area contributed by atoms with E-state index >= 15 is 0 Å². The molecule has 0 radical (unpaired) electrons. The van der Waals surface area contributed by atoms with Crippen molar-refractivity contribution in [2.24, 2.45) is 0 Å². The molecular formula is C11H11ClN2O. The van der Waals surface area contributed by atoms with E-state index in [4.69, 9.17) is 16.7 Å². The lowest BCUT2D eigenvalue weighted by atomic mass is 10.2. The van der Waals surface area contributed by atoms with Crippen molar-refractivity contribution in [2.75, 3.05) is 6.61 Å². The Morgan fingerprint density at radius 1 is 1.27 bits per heavy atom. The zero-order valence-corrected chi connectivity index (χ0v) is 8.83. The Kier molecular flexibility index (Phi) is 3.04. The van der Waals surface area contributed by atoms with Gasteiger partial charge in [-0.3, -0.25) is 0 Å². The van der Waals surface area contributed by atoms with Gasteiger partial charge in [-0.25, -0.2) is 4.98 Å². The summed E-state index contributed by atoms with van der Waals surface area (Å²) in [6.45, 7) is 0.0675. The molecule has 0 unspecified atom stereocenters. The van der Waals surface area contributed by atoms with Crippen LogP contribution in [0.15, 0.2) is 30.3 Å². The lowest BCUT2D eigenvalue weighted by molar-refractivity contribution is 0.297. The Labute approximate surface area is 92.7 Å². The van der Waals surface area contributed by atoms with Gasteiger partial charge in [0.1, 0.15) is 16.7 Å². The minimum Gasteiger partial charge on any atom is -0.396 e. The first kappa shape index (κ1) is 10.2. The van der Waals surface area contributed by atoms with Gasteiger partial charge in [-0.15, -0.1) is 0 Å². The van der Waals surface area contributed by atoms with Gasteiger partial charge in [0.2, 0.25) is 0 Å². The number of H-pyrrole nitrogens is 1. The third-order valence-corrected chi connectivity index (χ3v) is 2.38. The highest BCUT2D eigenvalue weighted by atomic mass is 35.5. The molecule has 15 heavy (non-hydrogen) atoms. The summed E-state index contributed by atoms with van der Waals surface area (Å²) in [6, 6.07) is 9.71. The largest absolute Gasteiger partial charge is 0.396 e. The summed E-state index contributed by atoms with van der Waals surface area (Å²) in [4.78, 5) is 7.26. The van der Waals surface area contributed by atoms with Gasteiger partial charge in [0.05, 0.1) is 6.61 Å². The molecule has 0 aliphatic heterocycles. The second-order valence-electron chi connectivity index (χ2n) is 3.19. The molecule has 0 spiro atoms. The van der Waals surface area contributed by atoms with E-state index in [0.29, 0.717) is 17.4 Å². The number of nitrogens with one attached hydrogen (secondary N) is 1. The van der Waals surface area contributed by atoms with Crippen molar-refractivity contribution in [3.05, 3.63) is 41.3 Å². The van der Waals surface area contributed by atoms with E-state index in [9.17, 15) is 0 Å². The minimum atomic E-state index is 0.0675. The van der Waals surface area contributed by atoms with Crippen LogP contribution in [-0.4, -0.2) is 21.7 Å². The number of aromatic amines is 1. The van der Waals surface area contributed by atoms with Crippen LogP contribution < -0.4 is 0 Å². The highest BCUT2D eigenvalue weighted by Gasteiger charge is 2.09. The molecule has 1 aromatic heterocycles. The Balaban J connectivity index is 2.36. The molecule has 0 fully saturated rings. The van der Waals surface area contributed by atoms with Crippen LogP contribution in [0.3, 0.4) is 0 Å². The second kappa shape index (κ2) is 4.47. The molecule has 0 saturated heterocycles. The molecule has 1 aromatic carbocycles. The van der Waals surface area contributed by atoms with Gasteiger partial charge in [-0.1, -0.05) is 41.9 Å². The first-order valence-electron chi connectivity index (χ1n) is 4.72. The molecule has 0 saturated carbocycles. The van der Waals surface area contributed by atoms with Gasteiger partial charge in [0.25, 0.3) is 0 Å². The highest BCUT2D eigenvalue weighted by Crippen LogP contribution is 2.25. The molecule has 4 heteroatoms. The quantitative estimate of drug-likeness (QED) is 0.837. The topological polar surface area (TPSA) is 48.9 Å². The Bertz CT molecular complexity index is 439. The van der Waals surface area contributed by atoms with Crippen LogP contribution in [0.2, 0.25) is 5.15 Å². The predicted molar refractivity (Wildman–Crippen MR) is 59.8 cm³/mol. The summed E-state index contributed by atoms with van der Waals surface area (Å²) in [5.74, 6) is 0.710. The van der Waals surface area contributed by atoms with Gasteiger partial charge in [-0.2, -0.15) is 0 Å². The molecule has 0 aliphatic carbocycles. The zero-order chi connectivity index (χ0) is 10.7. The molecular weight excluding hydrogens is 212 g/mol. The molecule has 0 atom stereocenters. The minimum absolute atomic E-state index is 0.0675. The summed E-state index contributed by atoms with van der Waals surface area (Å²) >= 11 is 6.02. The van der Waals surface area contributed by atoms with Gasteiger partial charge >= 0.3 is 0 Å². The van der Waals surface area contributed by atoms with Crippen LogP contribution in [0.5, 0.6) is 0 Å². The summed E-state index contributed by atoms with van der Waals surface area (Å²) < 4.78 is 0. The van der Waals surface area contributed by atoms with E-state index in [-0.39, 0.29) is 6.61 Å². The third kappa shape index (κ3) is 2.19. The Morgan fingerprint density at radius 2 is 2.00 bits per heavy atom. The third-order valence-electron chi connectivity index (χ3n) is 2.10. The fourth-order valence-corrected chi connectivity index (χ4v) is 1.67. The number of nitrogens with zero attached hydrogens (tertiary/aromatic N) is 1. The van der Waals surface area contributed by atoms with Crippen LogP contribution in [0.4, 0.5) is 0 Å². The first-order valence-corrected chi connectivity index (χ1v) is 5.09. The van der Waals surface area contributed by atoms with Gasteiger partial charge in [0.15, 0.2) is 0 Å². The molecule has 2 rings (SSSR count). The lowest BCUT2D eigenvalue weighted by Crippen LogP contribution is -1.92. The van der Waals surface area contributed by atoms with Crippen molar-refractivity contribution in [3.8, 4) is 11.3 Å². The maximum atomic E-state index is 8.79. The molecule has 0 aliphatic rings. The molecule has 2 aromatic rings. The van der Waals surface area contributed by atoms with Crippen LogP contribution in [0.25, 0.3) is 11.3 Å². The first-order chi connectivity index (χ1) is 7.31. The standard InChI is InChI=1S/C11H11ClN2O/c12-11-10(8-4-2-1-3-5-8)13-9(14-11)6-7-15/h1-5,15H,6-7H2,(H,13,14). The van der Waals surface area contributed by atoms with Gasteiger partial charge < -0.3 is 10.1 Å². The average molecular weight is 223 g/mol.